The Morgan fingerprint density at radius 1 is 0.853 bits per heavy atom. The number of aromatic nitrogens is 1. The summed E-state index contributed by atoms with van der Waals surface area (Å²) in [5.74, 6) is 1.43. The molecule has 3 aromatic carbocycles. The number of para-hydroxylation sites is 1. The van der Waals surface area contributed by atoms with Gasteiger partial charge in [0.25, 0.3) is 0 Å². The highest BCUT2D eigenvalue weighted by Crippen LogP contribution is 2.39. The Morgan fingerprint density at radius 2 is 1.50 bits per heavy atom. The van der Waals surface area contributed by atoms with Crippen molar-refractivity contribution >= 4 is 22.8 Å². The lowest BCUT2D eigenvalue weighted by molar-refractivity contribution is 0.104. The van der Waals surface area contributed by atoms with Gasteiger partial charge in [0.15, 0.2) is 17.3 Å². The molecule has 1 aromatic heterocycles. The molecular weight excluding hydrogens is 426 g/mol. The van der Waals surface area contributed by atoms with Crippen LogP contribution >= 0.6 is 0 Å². The Hall–Kier alpha value is -4.12. The first kappa shape index (κ1) is 23.1. The van der Waals surface area contributed by atoms with E-state index in [4.69, 9.17) is 19.2 Å². The number of carbonyl (C=O) groups is 1. The van der Waals surface area contributed by atoms with E-state index in [0.29, 0.717) is 28.5 Å². The lowest BCUT2D eigenvalue weighted by atomic mass is 9.91. The van der Waals surface area contributed by atoms with Crippen molar-refractivity contribution < 1.29 is 19.0 Å². The van der Waals surface area contributed by atoms with Crippen LogP contribution in [0.15, 0.2) is 66.7 Å². The third-order valence-corrected chi connectivity index (χ3v) is 5.77. The number of allylic oxidation sites excluding steroid dienone is 1. The van der Waals surface area contributed by atoms with Crippen LogP contribution in [0.5, 0.6) is 17.2 Å². The molecular formula is C29H27NO4. The summed E-state index contributed by atoms with van der Waals surface area (Å²) in [4.78, 5) is 18.3. The summed E-state index contributed by atoms with van der Waals surface area (Å²) in [7, 11) is 4.68. The Balaban J connectivity index is 1.84. The second-order valence-electron chi connectivity index (χ2n) is 7.99. The van der Waals surface area contributed by atoms with Gasteiger partial charge in [0.1, 0.15) is 0 Å². The summed E-state index contributed by atoms with van der Waals surface area (Å²) < 4.78 is 16.3. The monoisotopic (exact) mass is 453 g/mol. The van der Waals surface area contributed by atoms with Crippen LogP contribution in [0.4, 0.5) is 0 Å². The summed E-state index contributed by atoms with van der Waals surface area (Å²) in [6.07, 6.45) is 3.32. The van der Waals surface area contributed by atoms with Gasteiger partial charge < -0.3 is 14.2 Å². The van der Waals surface area contributed by atoms with Gasteiger partial charge in [0.2, 0.25) is 5.75 Å². The smallest absolute Gasteiger partial charge is 0.203 e. The van der Waals surface area contributed by atoms with Crippen molar-refractivity contribution in [2.24, 2.45) is 0 Å². The average molecular weight is 454 g/mol. The van der Waals surface area contributed by atoms with Gasteiger partial charge >= 0.3 is 0 Å². The number of benzene rings is 3. The predicted octanol–water partition coefficient (Wildman–Crippen LogP) is 6.44. The zero-order valence-corrected chi connectivity index (χ0v) is 20.0. The van der Waals surface area contributed by atoms with E-state index in [9.17, 15) is 4.79 Å². The third kappa shape index (κ3) is 4.37. The lowest BCUT2D eigenvalue weighted by Gasteiger charge is -2.15. The van der Waals surface area contributed by atoms with Crippen LogP contribution in [0.3, 0.4) is 0 Å². The number of aryl methyl sites for hydroxylation is 2. The SMILES string of the molecule is COc1cc(/C=C\C(=O)c2c(C)nc3ccccc3c2-c2ccc(C)cc2)cc(OC)c1OC. The summed E-state index contributed by atoms with van der Waals surface area (Å²) in [6.45, 7) is 3.93. The number of carbonyl (C=O) groups excluding carboxylic acids is 1. The number of pyridine rings is 1. The van der Waals surface area contributed by atoms with Gasteiger partial charge in [-0.25, -0.2) is 0 Å². The van der Waals surface area contributed by atoms with Crippen LogP contribution < -0.4 is 14.2 Å². The normalized spacial score (nSPS) is 11.1. The largest absolute Gasteiger partial charge is 0.493 e. The van der Waals surface area contributed by atoms with Crippen molar-refractivity contribution in [2.45, 2.75) is 13.8 Å². The van der Waals surface area contributed by atoms with E-state index >= 15 is 0 Å². The van der Waals surface area contributed by atoms with E-state index in [2.05, 4.69) is 24.3 Å². The minimum atomic E-state index is -0.125. The van der Waals surface area contributed by atoms with Gasteiger partial charge in [-0.3, -0.25) is 9.78 Å². The standard InChI is InChI=1S/C29H27NO4/c1-18-10-13-21(14-11-18)28-22-8-6-7-9-23(22)30-19(2)27(28)24(31)15-12-20-16-25(32-3)29(34-5)26(17-20)33-4/h6-17H,1-5H3/b15-12-. The molecule has 0 radical (unpaired) electrons. The maximum atomic E-state index is 13.6. The third-order valence-electron chi connectivity index (χ3n) is 5.77. The first-order valence-corrected chi connectivity index (χ1v) is 11.0. The van der Waals surface area contributed by atoms with Crippen molar-refractivity contribution in [1.29, 1.82) is 0 Å². The molecule has 4 rings (SSSR count). The number of rotatable bonds is 7. The van der Waals surface area contributed by atoms with Crippen molar-refractivity contribution in [3.8, 4) is 28.4 Å². The molecule has 0 saturated carbocycles. The van der Waals surface area contributed by atoms with Gasteiger partial charge in [-0.05, 0) is 49.2 Å². The highest BCUT2D eigenvalue weighted by Gasteiger charge is 2.19. The van der Waals surface area contributed by atoms with E-state index in [0.717, 1.165) is 33.2 Å². The summed E-state index contributed by atoms with van der Waals surface area (Å²) in [5, 5.41) is 0.946. The van der Waals surface area contributed by atoms with E-state index in [1.165, 1.54) is 0 Å². The van der Waals surface area contributed by atoms with Crippen molar-refractivity contribution in [3.05, 3.63) is 89.1 Å². The van der Waals surface area contributed by atoms with Crippen molar-refractivity contribution in [1.82, 2.24) is 4.98 Å². The molecule has 5 nitrogen and oxygen atoms in total. The Bertz CT molecular complexity index is 1360. The molecule has 5 heteroatoms. The van der Waals surface area contributed by atoms with Gasteiger partial charge in [0.05, 0.1) is 32.4 Å². The highest BCUT2D eigenvalue weighted by molar-refractivity contribution is 6.16. The van der Waals surface area contributed by atoms with E-state index < -0.39 is 0 Å². The minimum Gasteiger partial charge on any atom is -0.493 e. The molecule has 0 amide bonds. The van der Waals surface area contributed by atoms with Crippen LogP contribution in [-0.4, -0.2) is 32.1 Å². The zero-order valence-electron chi connectivity index (χ0n) is 20.0. The summed E-state index contributed by atoms with van der Waals surface area (Å²) in [6, 6.07) is 19.7. The average Bonchev–Trinajstić information content (AvgIpc) is 2.86. The number of fused-ring (bicyclic) bond motifs is 1. The fourth-order valence-corrected chi connectivity index (χ4v) is 4.11. The molecule has 0 spiro atoms. The molecule has 172 valence electrons. The molecule has 0 unspecified atom stereocenters. The summed E-state index contributed by atoms with van der Waals surface area (Å²) >= 11 is 0. The van der Waals surface area contributed by atoms with Crippen molar-refractivity contribution in [2.75, 3.05) is 21.3 Å². The quantitative estimate of drug-likeness (QED) is 0.238. The molecule has 0 atom stereocenters. The van der Waals surface area contributed by atoms with Crippen molar-refractivity contribution in [3.63, 3.8) is 0 Å². The number of nitrogens with zero attached hydrogens (tertiary/aromatic N) is 1. The van der Waals surface area contributed by atoms with Gasteiger partial charge in [-0.15, -0.1) is 0 Å². The second-order valence-corrected chi connectivity index (χ2v) is 7.99. The van der Waals surface area contributed by atoms with Crippen LogP contribution in [-0.2, 0) is 0 Å². The molecule has 0 bridgehead atoms. The Kier molecular flexibility index (Phi) is 6.64. The van der Waals surface area contributed by atoms with E-state index in [1.54, 1.807) is 45.6 Å². The number of hydrogen-bond acceptors (Lipinski definition) is 5. The first-order chi connectivity index (χ1) is 16.5. The maximum Gasteiger partial charge on any atom is 0.203 e. The number of ketones is 1. The lowest BCUT2D eigenvalue weighted by Crippen LogP contribution is -2.05. The predicted molar refractivity (Wildman–Crippen MR) is 136 cm³/mol. The molecule has 1 heterocycles. The van der Waals surface area contributed by atoms with E-state index in [-0.39, 0.29) is 5.78 Å². The number of hydrogen-bond donors (Lipinski definition) is 0. The molecule has 0 aliphatic rings. The molecule has 0 aliphatic carbocycles. The van der Waals surface area contributed by atoms with Crippen LogP contribution in [0.25, 0.3) is 28.1 Å². The molecule has 4 aromatic rings. The highest BCUT2D eigenvalue weighted by atomic mass is 16.5. The van der Waals surface area contributed by atoms with Gasteiger partial charge in [-0.2, -0.15) is 0 Å². The second kappa shape index (κ2) is 9.79. The van der Waals surface area contributed by atoms with Crippen LogP contribution in [0.2, 0.25) is 0 Å². The Morgan fingerprint density at radius 3 is 2.12 bits per heavy atom. The van der Waals surface area contributed by atoms with E-state index in [1.807, 2.05) is 38.1 Å². The fraction of sp³-hybridized carbons (Fsp3) is 0.172. The zero-order chi connectivity index (χ0) is 24.2. The Labute approximate surface area is 199 Å². The molecule has 0 N–H and O–H groups in total. The van der Waals surface area contributed by atoms with Crippen LogP contribution in [0.1, 0.15) is 27.2 Å². The summed E-state index contributed by atoms with van der Waals surface area (Å²) in [5.41, 5.74) is 5.93. The number of methoxy groups -OCH3 is 3. The minimum absolute atomic E-state index is 0.125. The van der Waals surface area contributed by atoms with Gasteiger partial charge in [0, 0.05) is 16.6 Å². The number of ether oxygens (including phenoxy) is 3. The first-order valence-electron chi connectivity index (χ1n) is 11.0. The molecule has 0 aliphatic heterocycles. The topological polar surface area (TPSA) is 57.7 Å². The van der Waals surface area contributed by atoms with Gasteiger partial charge in [-0.1, -0.05) is 54.1 Å². The maximum absolute atomic E-state index is 13.6. The molecule has 34 heavy (non-hydrogen) atoms. The molecule has 0 saturated heterocycles. The molecule has 0 fully saturated rings. The fourth-order valence-electron chi connectivity index (χ4n) is 4.11. The van der Waals surface area contributed by atoms with Crippen LogP contribution in [0, 0.1) is 13.8 Å².